The van der Waals surface area contributed by atoms with Crippen molar-refractivity contribution in [2.75, 3.05) is 31.7 Å². The highest BCUT2D eigenvalue weighted by atomic mass is 32.2. The normalized spacial score (nSPS) is 17.1. The summed E-state index contributed by atoms with van der Waals surface area (Å²) in [7, 11) is 1.74. The highest BCUT2D eigenvalue weighted by Gasteiger charge is 2.40. The van der Waals surface area contributed by atoms with Gasteiger partial charge in [0.2, 0.25) is 0 Å². The Morgan fingerprint density at radius 2 is 2.03 bits per heavy atom. The summed E-state index contributed by atoms with van der Waals surface area (Å²) in [6, 6.07) is 3.62. The first-order valence-corrected chi connectivity index (χ1v) is 10.9. The van der Waals surface area contributed by atoms with Gasteiger partial charge in [-0.15, -0.1) is 3.89 Å². The molecule has 1 saturated carbocycles. The zero-order valence-electron chi connectivity index (χ0n) is 17.5. The fraction of sp³-hybridized carbons (Fsp3) is 0.550. The number of nitrogens with one attached hydrogen (secondary N) is 1. The minimum Gasteiger partial charge on any atom is -0.349 e. The van der Waals surface area contributed by atoms with Gasteiger partial charge in [-0.3, -0.25) is 4.79 Å². The lowest BCUT2D eigenvalue weighted by molar-refractivity contribution is -0.141. The van der Waals surface area contributed by atoms with E-state index in [1.807, 2.05) is 11.0 Å². The Bertz CT molecular complexity index is 983. The number of rotatable bonds is 4. The molecule has 12 heteroatoms. The second kappa shape index (κ2) is 10.4. The Morgan fingerprint density at radius 3 is 2.59 bits per heavy atom. The van der Waals surface area contributed by atoms with Crippen molar-refractivity contribution in [1.29, 1.82) is 5.26 Å². The predicted octanol–water partition coefficient (Wildman–Crippen LogP) is 4.26. The lowest BCUT2D eigenvalue weighted by atomic mass is 9.92. The molecule has 1 fully saturated rings. The van der Waals surface area contributed by atoms with Crippen LogP contribution in [0.2, 0.25) is 0 Å². The number of nitrogens with zero attached hydrogens (tertiary/aromatic N) is 5. The summed E-state index contributed by atoms with van der Waals surface area (Å²) < 4.78 is 53.3. The first-order valence-electron chi connectivity index (χ1n) is 10.2. The predicted molar refractivity (Wildman–Crippen MR) is 115 cm³/mol. The molecule has 2 aliphatic rings. The Balaban J connectivity index is 0.000000523. The van der Waals surface area contributed by atoms with Crippen molar-refractivity contribution in [2.24, 2.45) is 0 Å². The monoisotopic (exact) mass is 472 g/mol. The lowest BCUT2D eigenvalue weighted by Gasteiger charge is -2.44. The number of amides is 1. The minimum absolute atomic E-state index is 0.00681. The number of hydrogen-bond donors (Lipinski definition) is 1. The molecule has 1 amide bonds. The van der Waals surface area contributed by atoms with Crippen LogP contribution in [0.5, 0.6) is 0 Å². The van der Waals surface area contributed by atoms with E-state index >= 15 is 0 Å². The van der Waals surface area contributed by atoms with Gasteiger partial charge < -0.3 is 15.1 Å². The summed E-state index contributed by atoms with van der Waals surface area (Å²) in [4.78, 5) is 19.6. The number of carbonyl (C=O) groups is 1. The number of hydrogen-bond acceptors (Lipinski definition) is 6. The van der Waals surface area contributed by atoms with Crippen molar-refractivity contribution in [3.8, 4) is 6.07 Å². The van der Waals surface area contributed by atoms with Crippen LogP contribution in [0.3, 0.4) is 0 Å². The number of fused-ring (bicyclic) bond motifs is 3. The molecule has 2 aromatic rings. The van der Waals surface area contributed by atoms with Crippen LogP contribution in [0.1, 0.15) is 42.5 Å². The third-order valence-corrected chi connectivity index (χ3v) is 5.94. The molecule has 4 rings (SSSR count). The second-order valence-electron chi connectivity index (χ2n) is 7.68. The first-order chi connectivity index (χ1) is 15.3. The van der Waals surface area contributed by atoms with Crippen molar-refractivity contribution in [1.82, 2.24) is 19.2 Å². The van der Waals surface area contributed by atoms with Crippen LogP contribution in [-0.4, -0.2) is 58.8 Å². The average Bonchev–Trinajstić information content (AvgIpc) is 3.19. The molecule has 0 spiro atoms. The Kier molecular flexibility index (Phi) is 7.84. The number of aromatic nitrogens is 2. The molecule has 174 valence electrons. The summed E-state index contributed by atoms with van der Waals surface area (Å²) in [5, 5.41) is 11.0. The van der Waals surface area contributed by atoms with Crippen LogP contribution < -0.4 is 10.2 Å². The van der Waals surface area contributed by atoms with Crippen molar-refractivity contribution in [3.05, 3.63) is 24.0 Å². The molecule has 0 aromatic carbocycles. The molecule has 0 bridgehead atoms. The maximum atomic E-state index is 13.1. The van der Waals surface area contributed by atoms with Gasteiger partial charge in [0.25, 0.3) is 5.91 Å². The summed E-state index contributed by atoms with van der Waals surface area (Å²) in [6.45, 7) is -0.975. The maximum Gasteiger partial charge on any atom is 0.406 e. The SMILES string of the molecule is CNCC#N.O=C1c2cnc3c(ccn3SF)c2N(C2CCCCC2)CN1CC(F)(F)F. The highest BCUT2D eigenvalue weighted by Crippen LogP contribution is 2.39. The van der Waals surface area contributed by atoms with E-state index in [4.69, 9.17) is 5.26 Å². The number of anilines is 1. The largest absolute Gasteiger partial charge is 0.406 e. The highest BCUT2D eigenvalue weighted by molar-refractivity contribution is 7.92. The number of nitriles is 1. The maximum absolute atomic E-state index is 13.1. The zero-order chi connectivity index (χ0) is 23.3. The van der Waals surface area contributed by atoms with E-state index in [-0.39, 0.29) is 30.6 Å². The average molecular weight is 473 g/mol. The minimum atomic E-state index is -4.48. The van der Waals surface area contributed by atoms with Crippen LogP contribution in [0.4, 0.5) is 22.7 Å². The number of pyridine rings is 1. The van der Waals surface area contributed by atoms with Gasteiger partial charge in [0.1, 0.15) is 6.54 Å². The Hall–Kier alpha value is -2.52. The van der Waals surface area contributed by atoms with E-state index in [0.717, 1.165) is 37.0 Å². The third kappa shape index (κ3) is 5.27. The molecule has 7 nitrogen and oxygen atoms in total. The molecule has 1 aliphatic heterocycles. The van der Waals surface area contributed by atoms with Gasteiger partial charge in [0.15, 0.2) is 18.0 Å². The molecular weight excluding hydrogens is 448 g/mol. The van der Waals surface area contributed by atoms with E-state index < -0.39 is 18.6 Å². The van der Waals surface area contributed by atoms with Gasteiger partial charge >= 0.3 is 6.18 Å². The molecule has 1 aliphatic carbocycles. The van der Waals surface area contributed by atoms with Crippen molar-refractivity contribution in [3.63, 3.8) is 0 Å². The van der Waals surface area contributed by atoms with Crippen molar-refractivity contribution in [2.45, 2.75) is 44.3 Å². The van der Waals surface area contributed by atoms with Crippen molar-refractivity contribution >= 4 is 35.0 Å². The van der Waals surface area contributed by atoms with E-state index in [9.17, 15) is 21.9 Å². The smallest absolute Gasteiger partial charge is 0.349 e. The zero-order valence-corrected chi connectivity index (χ0v) is 18.3. The summed E-state index contributed by atoms with van der Waals surface area (Å²) >= 11 is -0.00681. The molecular formula is C20H24F4N6OS. The molecule has 1 N–H and O–H groups in total. The quantitative estimate of drug-likeness (QED) is 0.529. The molecule has 0 atom stereocenters. The van der Waals surface area contributed by atoms with Gasteiger partial charge in [0, 0.05) is 23.8 Å². The Labute approximate surface area is 187 Å². The van der Waals surface area contributed by atoms with E-state index in [0.29, 0.717) is 23.3 Å². The van der Waals surface area contributed by atoms with E-state index in [1.165, 1.54) is 16.4 Å². The number of alkyl halides is 3. The molecule has 0 unspecified atom stereocenters. The molecule has 3 heterocycles. The van der Waals surface area contributed by atoms with Crippen LogP contribution in [0, 0.1) is 11.3 Å². The first kappa shape index (κ1) is 24.1. The van der Waals surface area contributed by atoms with Gasteiger partial charge in [0.05, 0.1) is 30.5 Å². The Morgan fingerprint density at radius 1 is 1.31 bits per heavy atom. The van der Waals surface area contributed by atoms with Gasteiger partial charge in [-0.2, -0.15) is 18.4 Å². The molecule has 0 radical (unpaired) electrons. The van der Waals surface area contributed by atoms with Crippen LogP contribution in [-0.2, 0) is 0 Å². The van der Waals surface area contributed by atoms with Crippen LogP contribution >= 0.6 is 12.3 Å². The topological polar surface area (TPSA) is 77.2 Å². The fourth-order valence-corrected chi connectivity index (χ4v) is 4.49. The van der Waals surface area contributed by atoms with E-state index in [1.54, 1.807) is 13.1 Å². The van der Waals surface area contributed by atoms with E-state index in [2.05, 4.69) is 10.3 Å². The second-order valence-corrected chi connectivity index (χ2v) is 8.21. The number of halogens is 4. The summed E-state index contributed by atoms with van der Waals surface area (Å²) in [6.07, 6.45) is 3.11. The number of carbonyl (C=O) groups excluding carboxylic acids is 1. The lowest BCUT2D eigenvalue weighted by Crippen LogP contribution is -2.53. The summed E-state index contributed by atoms with van der Waals surface area (Å²) in [5.74, 6) is -0.690. The van der Waals surface area contributed by atoms with Crippen LogP contribution in [0.15, 0.2) is 18.5 Å². The standard InChI is InChI=1S/C17H18F4N4OS.C3H6N2/c18-17(19,20)9-23-10-24(11-4-2-1-3-5-11)14-12-6-7-25(27-21)15(12)22-8-13(14)16(23)26;1-5-3-2-4/h6-8,11H,1-5,9-10H2;5H,3H2,1H3. The third-order valence-electron chi connectivity index (χ3n) is 5.50. The molecule has 0 saturated heterocycles. The molecule has 32 heavy (non-hydrogen) atoms. The molecule has 2 aromatic heterocycles. The van der Waals surface area contributed by atoms with Gasteiger partial charge in [-0.05, 0) is 26.0 Å². The van der Waals surface area contributed by atoms with Crippen LogP contribution in [0.25, 0.3) is 11.0 Å². The van der Waals surface area contributed by atoms with Crippen molar-refractivity contribution < 1.29 is 21.9 Å². The van der Waals surface area contributed by atoms with Gasteiger partial charge in [-0.25, -0.2) is 8.96 Å². The fourth-order valence-electron chi connectivity index (χ4n) is 4.17. The summed E-state index contributed by atoms with van der Waals surface area (Å²) in [5.41, 5.74) is 1.08. The van der Waals surface area contributed by atoms with Gasteiger partial charge in [-0.1, -0.05) is 19.3 Å².